The minimum atomic E-state index is 1.26. The van der Waals surface area contributed by atoms with E-state index in [1.54, 1.807) is 0 Å². The van der Waals surface area contributed by atoms with Crippen LogP contribution >= 0.6 is 0 Å². The minimum absolute atomic E-state index is 1.26. The Morgan fingerprint density at radius 3 is 1.00 bits per heavy atom. The predicted octanol–water partition coefficient (Wildman–Crippen LogP) is 11.1. The summed E-state index contributed by atoms with van der Waals surface area (Å²) in [5.74, 6) is 0. The van der Waals surface area contributed by atoms with Gasteiger partial charge in [-0.1, -0.05) is 173 Å². The molecule has 0 N–H and O–H groups in total. The highest BCUT2D eigenvalue weighted by molar-refractivity contribution is 5.14. The van der Waals surface area contributed by atoms with Crippen molar-refractivity contribution in [1.29, 1.82) is 0 Å². The zero-order valence-electron chi connectivity index (χ0n) is 21.2. The lowest BCUT2D eigenvalue weighted by Gasteiger charge is -2.03. The lowest BCUT2D eigenvalue weighted by Crippen LogP contribution is -1.86. The number of hydrogen-bond donors (Lipinski definition) is 0. The molecule has 1 aromatic carbocycles. The molecule has 0 spiro atoms. The smallest absolute Gasteiger partial charge is 0.0279 e. The first kappa shape index (κ1) is 29.2. The molecule has 0 saturated heterocycles. The van der Waals surface area contributed by atoms with Crippen LogP contribution in [0.5, 0.6) is 0 Å². The molecule has 1 rings (SSSR count). The Bertz CT molecular complexity index is 386. The molecule has 1 aromatic rings. The van der Waals surface area contributed by atoms with E-state index in [0.29, 0.717) is 0 Å². The third kappa shape index (κ3) is 23.5. The number of aryl methyl sites for hydroxylation is 1. The van der Waals surface area contributed by atoms with Crippen LogP contribution in [0.4, 0.5) is 0 Å². The van der Waals surface area contributed by atoms with Gasteiger partial charge in [-0.2, -0.15) is 0 Å². The maximum absolute atomic E-state index is 2.29. The first-order valence-corrected chi connectivity index (χ1v) is 13.9. The standard InChI is InChI=1S/C19H32.C11H24/c1-2-3-4-5-6-7-8-9-10-11-13-16-19-17-14-12-15-18-19;1-3-5-7-9-11-10-8-6-4-2/h12,14-15,17-18H,2-11,13,16H2,1H3;3-11H2,1-2H3. The van der Waals surface area contributed by atoms with Gasteiger partial charge in [-0.15, -0.1) is 0 Å². The Morgan fingerprint density at radius 2 is 0.667 bits per heavy atom. The van der Waals surface area contributed by atoms with Gasteiger partial charge >= 0.3 is 0 Å². The molecule has 0 fully saturated rings. The summed E-state index contributed by atoms with van der Waals surface area (Å²) in [6.45, 7) is 6.84. The molecule has 0 nitrogen and oxygen atoms in total. The topological polar surface area (TPSA) is 0 Å². The van der Waals surface area contributed by atoms with Crippen LogP contribution in [0.15, 0.2) is 30.3 Å². The van der Waals surface area contributed by atoms with Crippen LogP contribution in [0.25, 0.3) is 0 Å². The van der Waals surface area contributed by atoms with E-state index in [2.05, 4.69) is 51.1 Å². The second-order valence-corrected chi connectivity index (χ2v) is 9.25. The summed E-state index contributed by atoms with van der Waals surface area (Å²) in [6, 6.07) is 10.9. The van der Waals surface area contributed by atoms with Gasteiger partial charge in [-0.25, -0.2) is 0 Å². The molecule has 0 aliphatic carbocycles. The van der Waals surface area contributed by atoms with E-state index < -0.39 is 0 Å². The number of rotatable bonds is 20. The predicted molar refractivity (Wildman–Crippen MR) is 140 cm³/mol. The van der Waals surface area contributed by atoms with Crippen molar-refractivity contribution in [3.63, 3.8) is 0 Å². The highest BCUT2D eigenvalue weighted by Gasteiger charge is 1.94. The number of hydrogen-bond acceptors (Lipinski definition) is 0. The average molecular weight is 417 g/mol. The fraction of sp³-hybridized carbons (Fsp3) is 0.800. The van der Waals surface area contributed by atoms with E-state index in [4.69, 9.17) is 0 Å². The highest BCUT2D eigenvalue weighted by Crippen LogP contribution is 2.13. The molecule has 0 radical (unpaired) electrons. The zero-order valence-corrected chi connectivity index (χ0v) is 21.2. The Hall–Kier alpha value is -0.780. The third-order valence-corrected chi connectivity index (χ3v) is 6.12. The second kappa shape index (κ2) is 26.3. The molecule has 30 heavy (non-hydrogen) atoms. The zero-order chi connectivity index (χ0) is 22.0. The number of unbranched alkanes of at least 4 members (excludes halogenated alkanes) is 18. The lowest BCUT2D eigenvalue weighted by molar-refractivity contribution is 0.549. The Balaban J connectivity index is 0.000000654. The van der Waals surface area contributed by atoms with Gasteiger partial charge in [-0.05, 0) is 18.4 Å². The molecule has 0 heterocycles. The van der Waals surface area contributed by atoms with Crippen molar-refractivity contribution in [2.24, 2.45) is 0 Å². The van der Waals surface area contributed by atoms with Crippen molar-refractivity contribution in [3.8, 4) is 0 Å². The normalized spacial score (nSPS) is 10.6. The average Bonchev–Trinajstić information content (AvgIpc) is 2.78. The summed E-state index contributed by atoms with van der Waals surface area (Å²) in [7, 11) is 0. The van der Waals surface area contributed by atoms with Crippen LogP contribution < -0.4 is 0 Å². The fourth-order valence-corrected chi connectivity index (χ4v) is 4.02. The third-order valence-electron chi connectivity index (χ3n) is 6.12. The van der Waals surface area contributed by atoms with Crippen molar-refractivity contribution in [1.82, 2.24) is 0 Å². The SMILES string of the molecule is CCCCCCCCCCC.CCCCCCCCCCCCCc1ccccc1. The van der Waals surface area contributed by atoms with Gasteiger partial charge in [0.05, 0.1) is 0 Å². The van der Waals surface area contributed by atoms with Crippen LogP contribution in [-0.2, 0) is 6.42 Å². The maximum atomic E-state index is 2.29. The summed E-state index contributed by atoms with van der Waals surface area (Å²) >= 11 is 0. The van der Waals surface area contributed by atoms with Crippen molar-refractivity contribution < 1.29 is 0 Å². The summed E-state index contributed by atoms with van der Waals surface area (Å²) in [5.41, 5.74) is 1.50. The minimum Gasteiger partial charge on any atom is -0.0654 e. The van der Waals surface area contributed by atoms with Gasteiger partial charge in [0.25, 0.3) is 0 Å². The van der Waals surface area contributed by atoms with Crippen molar-refractivity contribution in [2.75, 3.05) is 0 Å². The molecule has 0 aliphatic rings. The van der Waals surface area contributed by atoms with E-state index in [-0.39, 0.29) is 0 Å². The molecule has 0 bridgehead atoms. The van der Waals surface area contributed by atoms with E-state index >= 15 is 0 Å². The van der Waals surface area contributed by atoms with Crippen LogP contribution in [0, 0.1) is 0 Å². The van der Waals surface area contributed by atoms with Crippen LogP contribution in [0.3, 0.4) is 0 Å². The van der Waals surface area contributed by atoms with Crippen LogP contribution in [-0.4, -0.2) is 0 Å². The van der Waals surface area contributed by atoms with Crippen molar-refractivity contribution >= 4 is 0 Å². The van der Waals surface area contributed by atoms with Crippen LogP contribution in [0.2, 0.25) is 0 Å². The molecule has 176 valence electrons. The molecule has 0 atom stereocenters. The molecule has 0 heteroatoms. The van der Waals surface area contributed by atoms with Gasteiger partial charge < -0.3 is 0 Å². The summed E-state index contributed by atoms with van der Waals surface area (Å²) in [5, 5.41) is 0. The molecular weight excluding hydrogens is 360 g/mol. The molecule has 0 aromatic heterocycles. The van der Waals surface area contributed by atoms with Gasteiger partial charge in [-0.3, -0.25) is 0 Å². The molecule has 0 saturated carbocycles. The highest BCUT2D eigenvalue weighted by atomic mass is 14.0. The summed E-state index contributed by atoms with van der Waals surface area (Å²) in [4.78, 5) is 0. The molecule has 0 amide bonds. The largest absolute Gasteiger partial charge is 0.0654 e. The number of benzene rings is 1. The Labute approximate surface area is 191 Å². The first-order chi connectivity index (χ1) is 14.8. The van der Waals surface area contributed by atoms with Gasteiger partial charge in [0, 0.05) is 0 Å². The monoisotopic (exact) mass is 416 g/mol. The van der Waals surface area contributed by atoms with Gasteiger partial charge in [0.1, 0.15) is 0 Å². The Morgan fingerprint density at radius 1 is 0.367 bits per heavy atom. The fourth-order valence-electron chi connectivity index (χ4n) is 4.02. The molecule has 0 aliphatic heterocycles. The summed E-state index contributed by atoms with van der Waals surface area (Å²) < 4.78 is 0. The van der Waals surface area contributed by atoms with Crippen LogP contribution in [0.1, 0.15) is 155 Å². The first-order valence-electron chi connectivity index (χ1n) is 13.9. The van der Waals surface area contributed by atoms with Crippen molar-refractivity contribution in [2.45, 2.75) is 156 Å². The maximum Gasteiger partial charge on any atom is -0.0279 e. The Kier molecular flexibility index (Phi) is 25.6. The van der Waals surface area contributed by atoms with E-state index in [9.17, 15) is 0 Å². The quantitative estimate of drug-likeness (QED) is 0.185. The molecule has 0 unspecified atom stereocenters. The van der Waals surface area contributed by atoms with E-state index in [1.165, 1.54) is 140 Å². The van der Waals surface area contributed by atoms with Gasteiger partial charge in [0.15, 0.2) is 0 Å². The summed E-state index contributed by atoms with van der Waals surface area (Å²) in [6.07, 6.45) is 29.9. The second-order valence-electron chi connectivity index (χ2n) is 9.25. The van der Waals surface area contributed by atoms with E-state index in [1.807, 2.05) is 0 Å². The van der Waals surface area contributed by atoms with Crippen molar-refractivity contribution in [3.05, 3.63) is 35.9 Å². The van der Waals surface area contributed by atoms with Gasteiger partial charge in [0.2, 0.25) is 0 Å². The van der Waals surface area contributed by atoms with E-state index in [0.717, 1.165) is 0 Å². The lowest BCUT2D eigenvalue weighted by atomic mass is 10.0. The molecular formula is C30H56.